The summed E-state index contributed by atoms with van der Waals surface area (Å²) in [6.45, 7) is 3.28. The summed E-state index contributed by atoms with van der Waals surface area (Å²) in [5, 5.41) is 2.75. The number of rotatable bonds is 4. The highest BCUT2D eigenvalue weighted by Gasteiger charge is 2.32. The molecule has 132 valence electrons. The van der Waals surface area contributed by atoms with Gasteiger partial charge in [0.15, 0.2) is 0 Å². The maximum absolute atomic E-state index is 12.3. The Bertz CT molecular complexity index is 877. The van der Waals surface area contributed by atoms with Crippen LogP contribution in [0, 0.1) is 6.92 Å². The van der Waals surface area contributed by atoms with Crippen molar-refractivity contribution < 1.29 is 14.3 Å². The lowest BCUT2D eigenvalue weighted by Crippen LogP contribution is -2.55. The normalized spacial score (nSPS) is 18.2. The highest BCUT2D eigenvalue weighted by molar-refractivity contribution is 5.87. The molecule has 1 atom stereocenters. The number of nitrogens with zero attached hydrogens (tertiary/aromatic N) is 3. The van der Waals surface area contributed by atoms with E-state index in [9.17, 15) is 14.4 Å². The first kappa shape index (κ1) is 17.1. The minimum Gasteiger partial charge on any atom is -0.469 e. The molecule has 2 aromatic rings. The molecule has 0 spiro atoms. The molecule has 0 saturated carbocycles. The molecule has 1 aliphatic rings. The van der Waals surface area contributed by atoms with E-state index in [4.69, 9.17) is 0 Å². The van der Waals surface area contributed by atoms with Crippen molar-refractivity contribution >= 4 is 17.5 Å². The molecule has 1 fully saturated rings. The number of nitrogens with one attached hydrogen (secondary N) is 1. The Morgan fingerprint density at radius 1 is 1.40 bits per heavy atom. The van der Waals surface area contributed by atoms with Crippen LogP contribution >= 0.6 is 0 Å². The molecule has 1 N–H and O–H groups in total. The van der Waals surface area contributed by atoms with Gasteiger partial charge in [-0.05, 0) is 18.6 Å². The first-order valence-electron chi connectivity index (χ1n) is 8.05. The van der Waals surface area contributed by atoms with Crippen LogP contribution in [0.4, 0.5) is 0 Å². The molecule has 1 saturated heterocycles. The van der Waals surface area contributed by atoms with E-state index >= 15 is 0 Å². The lowest BCUT2D eigenvalue weighted by molar-refractivity contribution is -0.146. The largest absolute Gasteiger partial charge is 0.469 e. The zero-order valence-electron chi connectivity index (χ0n) is 14.2. The van der Waals surface area contributed by atoms with Crippen molar-refractivity contribution in [2.75, 3.05) is 20.2 Å². The summed E-state index contributed by atoms with van der Waals surface area (Å²) in [6, 6.07) is 4.52. The maximum atomic E-state index is 12.3. The fourth-order valence-electron chi connectivity index (χ4n) is 2.96. The summed E-state index contributed by atoms with van der Waals surface area (Å²) in [6.07, 6.45) is 1.71. The van der Waals surface area contributed by atoms with Gasteiger partial charge >= 0.3 is 5.97 Å². The number of piperazine rings is 1. The van der Waals surface area contributed by atoms with Crippen LogP contribution < -0.4 is 10.9 Å². The predicted molar refractivity (Wildman–Crippen MR) is 90.0 cm³/mol. The first-order chi connectivity index (χ1) is 12.0. The van der Waals surface area contributed by atoms with E-state index in [-0.39, 0.29) is 17.9 Å². The highest BCUT2D eigenvalue weighted by atomic mass is 16.5. The fourth-order valence-corrected chi connectivity index (χ4v) is 2.96. The number of carbonyl (C=O) groups is 2. The minimum absolute atomic E-state index is 0.0336. The lowest BCUT2D eigenvalue weighted by atomic mass is 10.1. The van der Waals surface area contributed by atoms with Crippen LogP contribution in [-0.4, -0.2) is 52.4 Å². The van der Waals surface area contributed by atoms with Crippen molar-refractivity contribution in [3.8, 4) is 0 Å². The number of hydrogen-bond donors (Lipinski definition) is 1. The topological polar surface area (TPSA) is 93.0 Å². The Labute approximate surface area is 144 Å². The van der Waals surface area contributed by atoms with Crippen LogP contribution in [0.1, 0.15) is 17.7 Å². The number of fused-ring (bicyclic) bond motifs is 1. The summed E-state index contributed by atoms with van der Waals surface area (Å²) in [4.78, 5) is 42.4. The van der Waals surface area contributed by atoms with E-state index in [1.165, 1.54) is 17.6 Å². The van der Waals surface area contributed by atoms with Gasteiger partial charge in [-0.25, -0.2) is 4.98 Å². The van der Waals surface area contributed by atoms with E-state index in [1.54, 1.807) is 12.3 Å². The third-order valence-corrected chi connectivity index (χ3v) is 4.25. The molecule has 1 aliphatic heterocycles. The van der Waals surface area contributed by atoms with Gasteiger partial charge in [0.05, 0.1) is 19.2 Å². The molecule has 1 amide bonds. The molecule has 2 aromatic heterocycles. The molecule has 0 unspecified atom stereocenters. The van der Waals surface area contributed by atoms with Crippen LogP contribution in [0.25, 0.3) is 5.65 Å². The van der Waals surface area contributed by atoms with Crippen molar-refractivity contribution in [3.63, 3.8) is 0 Å². The predicted octanol–water partition coefficient (Wildman–Crippen LogP) is -0.134. The van der Waals surface area contributed by atoms with Gasteiger partial charge in [0, 0.05) is 31.9 Å². The average Bonchev–Trinajstić information content (AvgIpc) is 2.58. The maximum Gasteiger partial charge on any atom is 0.307 e. The number of aromatic nitrogens is 2. The Hall–Kier alpha value is -2.74. The zero-order valence-corrected chi connectivity index (χ0v) is 14.2. The van der Waals surface area contributed by atoms with Gasteiger partial charge < -0.3 is 10.1 Å². The number of carbonyl (C=O) groups excluding carboxylic acids is 2. The van der Waals surface area contributed by atoms with Crippen molar-refractivity contribution in [3.05, 3.63) is 46.0 Å². The number of amides is 1. The molecule has 0 radical (unpaired) electrons. The van der Waals surface area contributed by atoms with Gasteiger partial charge in [0.25, 0.3) is 5.56 Å². The second-order valence-electron chi connectivity index (χ2n) is 6.08. The highest BCUT2D eigenvalue weighted by Crippen LogP contribution is 2.13. The van der Waals surface area contributed by atoms with Crippen molar-refractivity contribution in [2.45, 2.75) is 25.9 Å². The van der Waals surface area contributed by atoms with Crippen LogP contribution in [0.15, 0.2) is 29.2 Å². The molecule has 0 bridgehead atoms. The molecule has 3 heterocycles. The minimum atomic E-state index is -0.625. The van der Waals surface area contributed by atoms with Crippen molar-refractivity contribution in [2.24, 2.45) is 0 Å². The molecule has 3 rings (SSSR count). The van der Waals surface area contributed by atoms with Crippen LogP contribution in [0.5, 0.6) is 0 Å². The Morgan fingerprint density at radius 2 is 2.20 bits per heavy atom. The Morgan fingerprint density at radius 3 is 2.96 bits per heavy atom. The number of ether oxygens (including phenoxy) is 1. The Balaban J connectivity index is 1.87. The quantitative estimate of drug-likeness (QED) is 0.777. The molecular weight excluding hydrogens is 324 g/mol. The summed E-state index contributed by atoms with van der Waals surface area (Å²) in [7, 11) is 1.29. The summed E-state index contributed by atoms with van der Waals surface area (Å²) in [5.41, 5.74) is 1.92. The first-order valence-corrected chi connectivity index (χ1v) is 8.05. The van der Waals surface area contributed by atoms with Crippen LogP contribution in [-0.2, 0) is 20.9 Å². The number of aryl methyl sites for hydroxylation is 1. The van der Waals surface area contributed by atoms with E-state index in [0.717, 1.165) is 5.56 Å². The summed E-state index contributed by atoms with van der Waals surface area (Å²) < 4.78 is 6.17. The van der Waals surface area contributed by atoms with Gasteiger partial charge in [-0.3, -0.25) is 23.7 Å². The molecular formula is C17H20N4O4. The summed E-state index contributed by atoms with van der Waals surface area (Å²) >= 11 is 0. The fraction of sp³-hybridized carbons (Fsp3) is 0.412. The number of methoxy groups -OCH3 is 1. The van der Waals surface area contributed by atoms with Gasteiger partial charge in [-0.1, -0.05) is 6.07 Å². The number of esters is 1. The van der Waals surface area contributed by atoms with Crippen LogP contribution in [0.2, 0.25) is 0 Å². The van der Waals surface area contributed by atoms with Crippen molar-refractivity contribution in [1.29, 1.82) is 0 Å². The smallest absolute Gasteiger partial charge is 0.307 e. The third kappa shape index (κ3) is 3.69. The molecule has 25 heavy (non-hydrogen) atoms. The summed E-state index contributed by atoms with van der Waals surface area (Å²) in [5.74, 6) is -0.668. The standard InChI is InChI=1S/C17H20N4O4/c1-11-3-4-14-19-12(7-15(22)21(14)9-11)10-20-6-5-18-17(24)13(20)8-16(23)25-2/h3-4,7,9,13H,5-6,8,10H2,1-2H3,(H,18,24)/t13-/m0/s1. The molecule has 0 aromatic carbocycles. The second-order valence-corrected chi connectivity index (χ2v) is 6.08. The van der Waals surface area contributed by atoms with E-state index in [1.807, 2.05) is 17.9 Å². The van der Waals surface area contributed by atoms with E-state index in [0.29, 0.717) is 31.0 Å². The molecule has 8 heteroatoms. The third-order valence-electron chi connectivity index (χ3n) is 4.25. The lowest BCUT2D eigenvalue weighted by Gasteiger charge is -2.34. The van der Waals surface area contributed by atoms with Gasteiger partial charge in [0.2, 0.25) is 5.91 Å². The molecule has 0 aliphatic carbocycles. The second kappa shape index (κ2) is 7.02. The SMILES string of the molecule is COC(=O)C[C@H]1C(=O)NCCN1Cc1cc(=O)n2cc(C)ccc2n1. The van der Waals surface area contributed by atoms with E-state index in [2.05, 4.69) is 15.0 Å². The van der Waals surface area contributed by atoms with Gasteiger partial charge in [-0.2, -0.15) is 0 Å². The van der Waals surface area contributed by atoms with Gasteiger partial charge in [0.1, 0.15) is 11.7 Å². The van der Waals surface area contributed by atoms with Crippen molar-refractivity contribution in [1.82, 2.24) is 19.6 Å². The monoisotopic (exact) mass is 344 g/mol. The molecule has 8 nitrogen and oxygen atoms in total. The average molecular weight is 344 g/mol. The van der Waals surface area contributed by atoms with Gasteiger partial charge in [-0.15, -0.1) is 0 Å². The number of hydrogen-bond acceptors (Lipinski definition) is 6. The Kier molecular flexibility index (Phi) is 4.80. The zero-order chi connectivity index (χ0) is 18.0. The van der Waals surface area contributed by atoms with Crippen LogP contribution in [0.3, 0.4) is 0 Å². The van der Waals surface area contributed by atoms with E-state index < -0.39 is 12.0 Å². The number of pyridine rings is 1.